The summed E-state index contributed by atoms with van der Waals surface area (Å²) in [4.78, 5) is 28.4. The van der Waals surface area contributed by atoms with Crippen LogP contribution in [0.3, 0.4) is 0 Å². The zero-order valence-electron chi connectivity index (χ0n) is 15.6. The molecule has 2 rings (SSSR count). The number of hydrogen-bond acceptors (Lipinski definition) is 5. The number of ether oxygens (including phenoxy) is 2. The number of hydrogen-bond donors (Lipinski definition) is 1. The Bertz CT molecular complexity index is 604. The maximum Gasteiger partial charge on any atom is 0.254 e. The van der Waals surface area contributed by atoms with Crippen LogP contribution in [0.1, 0.15) is 23.2 Å². The first-order valence-corrected chi connectivity index (χ1v) is 8.54. The van der Waals surface area contributed by atoms with Crippen molar-refractivity contribution < 1.29 is 19.1 Å². The van der Waals surface area contributed by atoms with Crippen molar-refractivity contribution >= 4 is 24.2 Å². The van der Waals surface area contributed by atoms with Gasteiger partial charge in [0.25, 0.3) is 5.91 Å². The molecule has 1 N–H and O–H groups in total. The highest BCUT2D eigenvalue weighted by Crippen LogP contribution is 2.28. The van der Waals surface area contributed by atoms with Crippen LogP contribution in [-0.4, -0.2) is 75.6 Å². The second-order valence-electron chi connectivity index (χ2n) is 5.95. The van der Waals surface area contributed by atoms with Crippen molar-refractivity contribution in [3.63, 3.8) is 0 Å². The molecule has 1 aromatic rings. The summed E-state index contributed by atoms with van der Waals surface area (Å²) in [6.45, 7) is 3.09. The van der Waals surface area contributed by atoms with E-state index >= 15 is 0 Å². The van der Waals surface area contributed by atoms with Crippen molar-refractivity contribution in [2.45, 2.75) is 12.8 Å². The summed E-state index contributed by atoms with van der Waals surface area (Å²) in [5.74, 6) is 1.24. The third kappa shape index (κ3) is 5.51. The maximum absolute atomic E-state index is 12.7. The summed E-state index contributed by atoms with van der Waals surface area (Å²) >= 11 is 0. The molecule has 2 amide bonds. The predicted molar refractivity (Wildman–Crippen MR) is 102 cm³/mol. The van der Waals surface area contributed by atoms with Gasteiger partial charge in [0.2, 0.25) is 5.91 Å². The summed E-state index contributed by atoms with van der Waals surface area (Å²) in [6.07, 6.45) is 1.38. The third-order valence-corrected chi connectivity index (χ3v) is 4.37. The van der Waals surface area contributed by atoms with Crippen molar-refractivity contribution in [1.82, 2.24) is 15.1 Å². The number of benzene rings is 1. The Kier molecular flexibility index (Phi) is 9.23. The molecule has 8 heteroatoms. The first-order chi connectivity index (χ1) is 12.1. The molecular weight excluding hydrogens is 358 g/mol. The van der Waals surface area contributed by atoms with Crippen molar-refractivity contribution in [2.24, 2.45) is 0 Å². The molecular formula is C18H28ClN3O4. The number of carbonyl (C=O) groups excluding carboxylic acids is 2. The van der Waals surface area contributed by atoms with Gasteiger partial charge in [-0.15, -0.1) is 12.4 Å². The molecule has 1 aliphatic rings. The van der Waals surface area contributed by atoms with E-state index in [1.807, 2.05) is 11.9 Å². The quantitative estimate of drug-likeness (QED) is 0.718. The lowest BCUT2D eigenvalue weighted by atomic mass is 10.1. The number of halogens is 1. The topological polar surface area (TPSA) is 71.1 Å². The van der Waals surface area contributed by atoms with Gasteiger partial charge in [0, 0.05) is 38.2 Å². The molecule has 26 heavy (non-hydrogen) atoms. The van der Waals surface area contributed by atoms with E-state index in [-0.39, 0.29) is 24.2 Å². The fourth-order valence-corrected chi connectivity index (χ4v) is 2.89. The molecule has 0 atom stereocenters. The van der Waals surface area contributed by atoms with Crippen LogP contribution in [0.15, 0.2) is 18.2 Å². The Morgan fingerprint density at radius 1 is 1.04 bits per heavy atom. The van der Waals surface area contributed by atoms with Crippen LogP contribution in [0.25, 0.3) is 0 Å². The monoisotopic (exact) mass is 385 g/mol. The normalized spacial score (nSPS) is 13.8. The largest absolute Gasteiger partial charge is 0.493 e. The van der Waals surface area contributed by atoms with Gasteiger partial charge in [-0.3, -0.25) is 9.59 Å². The minimum atomic E-state index is -0.0526. The van der Waals surface area contributed by atoms with Crippen molar-refractivity contribution in [3.05, 3.63) is 23.8 Å². The van der Waals surface area contributed by atoms with E-state index in [0.29, 0.717) is 49.7 Å². The SMILES string of the molecule is CNCCCC(=O)N1CCN(C(=O)c2ccc(OC)c(OC)c2)CC1.Cl. The molecule has 0 aliphatic carbocycles. The molecule has 0 saturated carbocycles. The van der Waals surface area contributed by atoms with E-state index in [1.54, 1.807) is 37.3 Å². The lowest BCUT2D eigenvalue weighted by molar-refractivity contribution is -0.132. The number of piperazine rings is 1. The number of nitrogens with zero attached hydrogens (tertiary/aromatic N) is 2. The number of nitrogens with one attached hydrogen (secondary N) is 1. The average Bonchev–Trinajstić information content (AvgIpc) is 2.67. The highest BCUT2D eigenvalue weighted by Gasteiger charge is 2.25. The number of methoxy groups -OCH3 is 2. The summed E-state index contributed by atoms with van der Waals surface area (Å²) in [5.41, 5.74) is 0.562. The number of carbonyl (C=O) groups is 2. The Hall–Kier alpha value is -1.99. The van der Waals surface area contributed by atoms with Gasteiger partial charge in [0.05, 0.1) is 14.2 Å². The highest BCUT2D eigenvalue weighted by atomic mass is 35.5. The molecule has 1 saturated heterocycles. The Balaban J connectivity index is 0.00000338. The zero-order valence-corrected chi connectivity index (χ0v) is 16.4. The highest BCUT2D eigenvalue weighted by molar-refractivity contribution is 5.95. The number of amides is 2. The van der Waals surface area contributed by atoms with Crippen LogP contribution in [0.2, 0.25) is 0 Å². The first kappa shape index (κ1) is 22.1. The first-order valence-electron chi connectivity index (χ1n) is 8.54. The summed E-state index contributed by atoms with van der Waals surface area (Å²) in [5, 5.41) is 3.04. The van der Waals surface area contributed by atoms with Crippen molar-refractivity contribution in [2.75, 3.05) is 54.0 Å². The van der Waals surface area contributed by atoms with Crippen LogP contribution in [-0.2, 0) is 4.79 Å². The molecule has 7 nitrogen and oxygen atoms in total. The predicted octanol–water partition coefficient (Wildman–Crippen LogP) is 1.41. The fourth-order valence-electron chi connectivity index (χ4n) is 2.89. The third-order valence-electron chi connectivity index (χ3n) is 4.37. The van der Waals surface area contributed by atoms with E-state index in [9.17, 15) is 9.59 Å². The second-order valence-corrected chi connectivity index (χ2v) is 5.95. The minimum absolute atomic E-state index is 0. The minimum Gasteiger partial charge on any atom is -0.493 e. The summed E-state index contributed by atoms with van der Waals surface area (Å²) in [7, 11) is 4.99. The van der Waals surface area contributed by atoms with Gasteiger partial charge in [0.15, 0.2) is 11.5 Å². The van der Waals surface area contributed by atoms with E-state index in [0.717, 1.165) is 13.0 Å². The lowest BCUT2D eigenvalue weighted by Crippen LogP contribution is -2.50. The van der Waals surface area contributed by atoms with Crippen LogP contribution in [0.4, 0.5) is 0 Å². The van der Waals surface area contributed by atoms with Gasteiger partial charge in [-0.25, -0.2) is 0 Å². The molecule has 1 heterocycles. The van der Waals surface area contributed by atoms with Gasteiger partial charge in [-0.1, -0.05) is 0 Å². The van der Waals surface area contributed by atoms with Gasteiger partial charge < -0.3 is 24.6 Å². The Morgan fingerprint density at radius 3 is 2.23 bits per heavy atom. The van der Waals surface area contributed by atoms with Crippen LogP contribution >= 0.6 is 12.4 Å². The van der Waals surface area contributed by atoms with Gasteiger partial charge >= 0.3 is 0 Å². The fraction of sp³-hybridized carbons (Fsp3) is 0.556. The van der Waals surface area contributed by atoms with E-state index in [4.69, 9.17) is 9.47 Å². The number of rotatable bonds is 7. The lowest BCUT2D eigenvalue weighted by Gasteiger charge is -2.35. The Labute approximate surface area is 161 Å². The Morgan fingerprint density at radius 2 is 1.65 bits per heavy atom. The molecule has 1 aromatic carbocycles. The smallest absolute Gasteiger partial charge is 0.254 e. The second kappa shape index (κ2) is 10.9. The van der Waals surface area contributed by atoms with E-state index < -0.39 is 0 Å². The van der Waals surface area contributed by atoms with Gasteiger partial charge in [-0.05, 0) is 38.2 Å². The molecule has 1 fully saturated rings. The van der Waals surface area contributed by atoms with Gasteiger partial charge in [-0.2, -0.15) is 0 Å². The molecule has 0 radical (unpaired) electrons. The van der Waals surface area contributed by atoms with Crippen LogP contribution in [0, 0.1) is 0 Å². The van der Waals surface area contributed by atoms with Crippen LogP contribution in [0.5, 0.6) is 11.5 Å². The van der Waals surface area contributed by atoms with Crippen molar-refractivity contribution in [3.8, 4) is 11.5 Å². The molecule has 0 bridgehead atoms. The van der Waals surface area contributed by atoms with E-state index in [1.165, 1.54) is 0 Å². The summed E-state index contributed by atoms with van der Waals surface area (Å²) < 4.78 is 10.5. The van der Waals surface area contributed by atoms with E-state index in [2.05, 4.69) is 5.32 Å². The van der Waals surface area contributed by atoms with Crippen molar-refractivity contribution in [1.29, 1.82) is 0 Å². The molecule has 0 spiro atoms. The van der Waals surface area contributed by atoms with Gasteiger partial charge in [0.1, 0.15) is 0 Å². The molecule has 0 unspecified atom stereocenters. The molecule has 146 valence electrons. The molecule has 0 aromatic heterocycles. The standard InChI is InChI=1S/C18H27N3O4.ClH/c1-19-8-4-5-17(22)20-9-11-21(12-10-20)18(23)14-6-7-15(24-2)16(13-14)25-3;/h6-7,13,19H,4-5,8-12H2,1-3H3;1H. The summed E-state index contributed by atoms with van der Waals surface area (Å²) in [6, 6.07) is 5.16. The zero-order chi connectivity index (χ0) is 18.2. The van der Waals surface area contributed by atoms with Crippen LogP contribution < -0.4 is 14.8 Å². The molecule has 1 aliphatic heterocycles. The maximum atomic E-state index is 12.7. The average molecular weight is 386 g/mol.